The van der Waals surface area contributed by atoms with E-state index >= 15 is 0 Å². The lowest BCUT2D eigenvalue weighted by Crippen LogP contribution is -2.00. The van der Waals surface area contributed by atoms with Gasteiger partial charge in [0.05, 0.1) is 33.1 Å². The van der Waals surface area contributed by atoms with Crippen LogP contribution in [0.4, 0.5) is 0 Å². The summed E-state index contributed by atoms with van der Waals surface area (Å²) in [6.45, 7) is 2.28. The summed E-state index contributed by atoms with van der Waals surface area (Å²) in [5, 5.41) is 2.37. The van der Waals surface area contributed by atoms with E-state index in [4.69, 9.17) is 9.97 Å². The Balaban J connectivity index is 1.30. The van der Waals surface area contributed by atoms with Crippen molar-refractivity contribution in [1.82, 2.24) is 19.1 Å². The van der Waals surface area contributed by atoms with Crippen molar-refractivity contribution < 1.29 is 0 Å². The first-order valence-electron chi connectivity index (χ1n) is 15.3. The Bertz CT molecular complexity index is 2270. The number of fused-ring (bicyclic) bond motifs is 9. The summed E-state index contributed by atoms with van der Waals surface area (Å²) in [6, 6.07) is 37.6. The molecule has 0 amide bonds. The molecule has 1 aliphatic rings. The number of aryl methyl sites for hydroxylation is 1. The van der Waals surface area contributed by atoms with Crippen LogP contribution < -0.4 is 0 Å². The maximum Gasteiger partial charge on any atom is 0.0963 e. The average Bonchev–Trinajstić information content (AvgIpc) is 3.71. The Hall–Kier alpha value is -5.22. The summed E-state index contributed by atoms with van der Waals surface area (Å²) >= 11 is 0. The van der Waals surface area contributed by atoms with Crippen LogP contribution in [0.2, 0.25) is 0 Å². The quantitative estimate of drug-likeness (QED) is 0.212. The molecular weight excluding hydrogens is 524 g/mol. The third kappa shape index (κ3) is 3.56. The van der Waals surface area contributed by atoms with Crippen molar-refractivity contribution in [1.29, 1.82) is 0 Å². The molecule has 0 fully saturated rings. The molecule has 0 N–H and O–H groups in total. The first kappa shape index (κ1) is 24.4. The molecule has 0 spiro atoms. The maximum absolute atomic E-state index is 4.80. The van der Waals surface area contributed by atoms with E-state index in [1.54, 1.807) is 0 Å². The molecule has 9 rings (SSSR count). The minimum absolute atomic E-state index is 0.980. The zero-order valence-corrected chi connectivity index (χ0v) is 24.1. The maximum atomic E-state index is 4.80. The Morgan fingerprint density at radius 1 is 0.605 bits per heavy atom. The number of hydrogen-bond donors (Lipinski definition) is 0. The van der Waals surface area contributed by atoms with E-state index in [9.17, 15) is 0 Å². The number of nitrogens with zero attached hydrogens (tertiary/aromatic N) is 4. The summed E-state index contributed by atoms with van der Waals surface area (Å²) in [6.07, 6.45) is 8.21. The summed E-state index contributed by atoms with van der Waals surface area (Å²) in [4.78, 5) is 9.56. The van der Waals surface area contributed by atoms with Crippen LogP contribution in [-0.2, 0) is 12.8 Å². The number of para-hydroxylation sites is 2. The molecule has 0 radical (unpaired) electrons. The third-order valence-electron chi connectivity index (χ3n) is 9.25. The van der Waals surface area contributed by atoms with E-state index in [0.29, 0.717) is 0 Å². The topological polar surface area (TPSA) is 35.6 Å². The second-order valence-electron chi connectivity index (χ2n) is 11.7. The number of aromatic nitrogens is 4. The first-order chi connectivity index (χ1) is 21.3. The Kier molecular flexibility index (Phi) is 5.33. The number of rotatable bonds is 5. The third-order valence-corrected chi connectivity index (χ3v) is 9.25. The minimum atomic E-state index is 0.980. The van der Waals surface area contributed by atoms with Crippen molar-refractivity contribution in [2.45, 2.75) is 32.6 Å². The number of benzene rings is 4. The average molecular weight is 555 g/mol. The molecule has 43 heavy (non-hydrogen) atoms. The molecule has 4 nitrogen and oxygen atoms in total. The molecular formula is C39H30N4. The fourth-order valence-corrected chi connectivity index (χ4v) is 7.31. The lowest BCUT2D eigenvalue weighted by Gasteiger charge is -2.15. The second-order valence-corrected chi connectivity index (χ2v) is 11.7. The molecule has 0 unspecified atom stereocenters. The minimum Gasteiger partial charge on any atom is -0.308 e. The highest BCUT2D eigenvalue weighted by Crippen LogP contribution is 2.43. The van der Waals surface area contributed by atoms with Crippen LogP contribution in [0.15, 0.2) is 116 Å². The normalized spacial score (nSPS) is 12.5. The predicted octanol–water partition coefficient (Wildman–Crippen LogP) is 9.58. The van der Waals surface area contributed by atoms with E-state index in [-0.39, 0.29) is 0 Å². The van der Waals surface area contributed by atoms with E-state index in [1.165, 1.54) is 73.8 Å². The molecule has 4 heteroatoms. The number of unbranched alkanes of at least 4 members (excludes halogenated alkanes) is 1. The molecule has 0 aliphatic heterocycles. The zero-order chi connectivity index (χ0) is 28.5. The Labute approximate surface area is 249 Å². The van der Waals surface area contributed by atoms with Gasteiger partial charge < -0.3 is 9.13 Å². The lowest BCUT2D eigenvalue weighted by molar-refractivity contribution is 0.789. The monoisotopic (exact) mass is 554 g/mol. The zero-order valence-electron chi connectivity index (χ0n) is 24.1. The van der Waals surface area contributed by atoms with Gasteiger partial charge >= 0.3 is 0 Å². The largest absolute Gasteiger partial charge is 0.308 e. The van der Waals surface area contributed by atoms with Crippen LogP contribution >= 0.6 is 0 Å². The van der Waals surface area contributed by atoms with Crippen LogP contribution in [0.25, 0.3) is 66.4 Å². The first-order valence-corrected chi connectivity index (χ1v) is 15.3. The molecule has 1 aliphatic carbocycles. The van der Waals surface area contributed by atoms with Gasteiger partial charge in [0.2, 0.25) is 0 Å². The second kappa shape index (κ2) is 9.40. The van der Waals surface area contributed by atoms with Crippen molar-refractivity contribution in [3.8, 4) is 22.5 Å². The van der Waals surface area contributed by atoms with Crippen LogP contribution in [0.3, 0.4) is 0 Å². The Morgan fingerprint density at radius 3 is 1.88 bits per heavy atom. The summed E-state index contributed by atoms with van der Waals surface area (Å²) in [7, 11) is 0. The predicted molar refractivity (Wildman–Crippen MR) is 178 cm³/mol. The summed E-state index contributed by atoms with van der Waals surface area (Å²) in [5.74, 6) is 0. The van der Waals surface area contributed by atoms with Crippen molar-refractivity contribution >= 4 is 43.9 Å². The van der Waals surface area contributed by atoms with Gasteiger partial charge in [0.25, 0.3) is 0 Å². The van der Waals surface area contributed by atoms with Crippen molar-refractivity contribution in [2.24, 2.45) is 0 Å². The van der Waals surface area contributed by atoms with Gasteiger partial charge in [0.15, 0.2) is 0 Å². The molecule has 0 saturated carbocycles. The van der Waals surface area contributed by atoms with Crippen LogP contribution in [0.5, 0.6) is 0 Å². The van der Waals surface area contributed by atoms with Crippen molar-refractivity contribution in [2.75, 3.05) is 0 Å². The Morgan fingerprint density at radius 2 is 1.21 bits per heavy atom. The van der Waals surface area contributed by atoms with E-state index < -0.39 is 0 Å². The summed E-state index contributed by atoms with van der Waals surface area (Å²) in [5.41, 5.74) is 16.2. The highest BCUT2D eigenvalue weighted by molar-refractivity contribution is 6.08. The van der Waals surface area contributed by atoms with Crippen molar-refractivity contribution in [3.05, 3.63) is 132 Å². The molecule has 0 saturated heterocycles. The van der Waals surface area contributed by atoms with Crippen LogP contribution in [0.1, 0.15) is 36.5 Å². The molecule has 4 aromatic heterocycles. The van der Waals surface area contributed by atoms with Crippen LogP contribution in [0, 0.1) is 0 Å². The van der Waals surface area contributed by atoms with Gasteiger partial charge in [-0.25, -0.2) is 0 Å². The van der Waals surface area contributed by atoms with Gasteiger partial charge in [0, 0.05) is 34.5 Å². The fraction of sp³-hybridized carbons (Fsp3) is 0.128. The molecule has 4 heterocycles. The molecule has 206 valence electrons. The highest BCUT2D eigenvalue weighted by Gasteiger charge is 2.25. The van der Waals surface area contributed by atoms with Gasteiger partial charge in [-0.15, -0.1) is 0 Å². The number of hydrogen-bond acceptors (Lipinski definition) is 2. The molecule has 0 bridgehead atoms. The standard InChI is InChI=1S/C39H30N4/c1-2-3-10-25-21-28(43-35-14-7-5-12-30(35)39-37(43)16-9-20-41-39)24-33-31(25)22-26-17-18-27(23-32(26)33)42-34-13-6-4-11-29(34)38-36(42)15-8-19-40-38/h4-9,11-21,23-24H,2-3,10,22H2,1H3. The van der Waals surface area contributed by atoms with Gasteiger partial charge in [0.1, 0.15) is 0 Å². The van der Waals surface area contributed by atoms with E-state index in [0.717, 1.165) is 34.9 Å². The van der Waals surface area contributed by atoms with E-state index in [2.05, 4.69) is 107 Å². The van der Waals surface area contributed by atoms with Gasteiger partial charge in [-0.1, -0.05) is 55.8 Å². The smallest absolute Gasteiger partial charge is 0.0963 e. The fourth-order valence-electron chi connectivity index (χ4n) is 7.31. The molecule has 0 atom stereocenters. The van der Waals surface area contributed by atoms with E-state index in [1.807, 2.05) is 24.5 Å². The van der Waals surface area contributed by atoms with Gasteiger partial charge in [-0.3, -0.25) is 9.97 Å². The molecule has 4 aromatic carbocycles. The SMILES string of the molecule is CCCCc1cc(-n2c3ccccc3c3ncccc32)cc2c1Cc1ccc(-n3c4ccccc4c4ncccc43)cc1-2. The van der Waals surface area contributed by atoms with Crippen molar-refractivity contribution in [3.63, 3.8) is 0 Å². The lowest BCUT2D eigenvalue weighted by atomic mass is 9.96. The highest BCUT2D eigenvalue weighted by atomic mass is 15.0. The van der Waals surface area contributed by atoms with Crippen LogP contribution in [-0.4, -0.2) is 19.1 Å². The summed E-state index contributed by atoms with van der Waals surface area (Å²) < 4.78 is 4.78. The number of pyridine rings is 2. The van der Waals surface area contributed by atoms with Gasteiger partial charge in [-0.05, 0) is 108 Å². The molecule has 8 aromatic rings. The van der Waals surface area contributed by atoms with Gasteiger partial charge in [-0.2, -0.15) is 0 Å².